The minimum Gasteiger partial charge on any atom is -0.377 e. The van der Waals surface area contributed by atoms with Crippen molar-refractivity contribution < 1.29 is 14.3 Å². The maximum atomic E-state index is 11.3. The first-order valence-corrected chi connectivity index (χ1v) is 4.72. The van der Waals surface area contributed by atoms with E-state index in [1.807, 2.05) is 6.92 Å². The molecule has 2 rings (SSSR count). The second kappa shape index (κ2) is 3.27. The fourth-order valence-corrected chi connectivity index (χ4v) is 2.39. The molecule has 4 heteroatoms. The van der Waals surface area contributed by atoms with Crippen LogP contribution in [-0.2, 0) is 14.3 Å². The van der Waals surface area contributed by atoms with Gasteiger partial charge in [0.2, 0.25) is 5.91 Å². The Kier molecular flexibility index (Phi) is 2.26. The summed E-state index contributed by atoms with van der Waals surface area (Å²) in [5.74, 6) is 0.131. The Morgan fingerprint density at radius 1 is 1.54 bits per heavy atom. The molecule has 4 nitrogen and oxygen atoms in total. The molecule has 1 aliphatic carbocycles. The van der Waals surface area contributed by atoms with Gasteiger partial charge < -0.3 is 14.8 Å². The highest BCUT2D eigenvalue weighted by Crippen LogP contribution is 2.36. The molecule has 1 amide bonds. The fourth-order valence-electron chi connectivity index (χ4n) is 2.39. The molecule has 0 aromatic rings. The zero-order valence-corrected chi connectivity index (χ0v) is 7.95. The summed E-state index contributed by atoms with van der Waals surface area (Å²) in [5.41, 5.74) is 0. The molecule has 1 saturated carbocycles. The summed E-state index contributed by atoms with van der Waals surface area (Å²) in [6, 6.07) is 0.166. The standard InChI is InChI=1S/C9H15NO3/c1-3-13-7-5-4-6(8(7)12-2)10-9(5)11/h5-8H,3-4H2,1-2H3,(H,10,11). The zero-order valence-electron chi connectivity index (χ0n) is 7.95. The van der Waals surface area contributed by atoms with Crippen LogP contribution in [0.15, 0.2) is 0 Å². The number of nitrogens with one attached hydrogen (secondary N) is 1. The lowest BCUT2D eigenvalue weighted by Gasteiger charge is -2.29. The lowest BCUT2D eigenvalue weighted by Crippen LogP contribution is -2.50. The normalized spacial score (nSPS) is 42.5. The smallest absolute Gasteiger partial charge is 0.226 e. The second-order valence-corrected chi connectivity index (χ2v) is 3.58. The van der Waals surface area contributed by atoms with Gasteiger partial charge in [-0.1, -0.05) is 0 Å². The second-order valence-electron chi connectivity index (χ2n) is 3.58. The Balaban J connectivity index is 2.10. The fraction of sp³-hybridized carbons (Fsp3) is 0.889. The summed E-state index contributed by atoms with van der Waals surface area (Å²) in [4.78, 5) is 11.3. The molecule has 2 bridgehead atoms. The number of ether oxygens (including phenoxy) is 2. The number of piperidine rings is 1. The molecule has 0 radical (unpaired) electrons. The van der Waals surface area contributed by atoms with Crippen molar-refractivity contribution in [2.75, 3.05) is 13.7 Å². The van der Waals surface area contributed by atoms with E-state index in [9.17, 15) is 4.79 Å². The summed E-state index contributed by atoms with van der Waals surface area (Å²) in [6.07, 6.45) is 0.874. The highest BCUT2D eigenvalue weighted by atomic mass is 16.5. The maximum Gasteiger partial charge on any atom is 0.226 e. The van der Waals surface area contributed by atoms with E-state index >= 15 is 0 Å². The Hall–Kier alpha value is -0.610. The Bertz CT molecular complexity index is 219. The van der Waals surface area contributed by atoms with Crippen LogP contribution in [0.5, 0.6) is 0 Å². The van der Waals surface area contributed by atoms with Crippen LogP contribution in [-0.4, -0.2) is 37.9 Å². The van der Waals surface area contributed by atoms with Crippen LogP contribution in [0, 0.1) is 5.92 Å². The van der Waals surface area contributed by atoms with Gasteiger partial charge in [-0.25, -0.2) is 0 Å². The first-order valence-electron chi connectivity index (χ1n) is 4.72. The van der Waals surface area contributed by atoms with Gasteiger partial charge >= 0.3 is 0 Å². The monoisotopic (exact) mass is 185 g/mol. The highest BCUT2D eigenvalue weighted by molar-refractivity contribution is 5.83. The first-order chi connectivity index (χ1) is 6.27. The summed E-state index contributed by atoms with van der Waals surface area (Å²) in [5, 5.41) is 2.90. The maximum absolute atomic E-state index is 11.3. The molecule has 1 N–H and O–H groups in total. The molecular weight excluding hydrogens is 170 g/mol. The average Bonchev–Trinajstić information content (AvgIpc) is 2.61. The van der Waals surface area contributed by atoms with Crippen molar-refractivity contribution in [1.82, 2.24) is 5.32 Å². The van der Waals surface area contributed by atoms with Gasteiger partial charge in [0.15, 0.2) is 0 Å². The van der Waals surface area contributed by atoms with E-state index in [-0.39, 0.29) is 30.1 Å². The molecule has 74 valence electrons. The van der Waals surface area contributed by atoms with Crippen LogP contribution in [0.2, 0.25) is 0 Å². The molecule has 1 saturated heterocycles. The van der Waals surface area contributed by atoms with Crippen LogP contribution in [0.25, 0.3) is 0 Å². The topological polar surface area (TPSA) is 47.6 Å². The number of carbonyl (C=O) groups is 1. The van der Waals surface area contributed by atoms with E-state index in [1.165, 1.54) is 0 Å². The van der Waals surface area contributed by atoms with Crippen molar-refractivity contribution >= 4 is 5.91 Å². The van der Waals surface area contributed by atoms with Gasteiger partial charge in [-0.15, -0.1) is 0 Å². The van der Waals surface area contributed by atoms with E-state index < -0.39 is 0 Å². The van der Waals surface area contributed by atoms with Crippen molar-refractivity contribution in [2.45, 2.75) is 31.6 Å². The number of hydrogen-bond acceptors (Lipinski definition) is 3. The van der Waals surface area contributed by atoms with Gasteiger partial charge in [-0.2, -0.15) is 0 Å². The largest absolute Gasteiger partial charge is 0.377 e. The van der Waals surface area contributed by atoms with E-state index in [0.717, 1.165) is 6.42 Å². The molecule has 4 unspecified atom stereocenters. The summed E-state index contributed by atoms with van der Waals surface area (Å²) in [7, 11) is 1.67. The highest BCUT2D eigenvalue weighted by Gasteiger charge is 2.53. The quantitative estimate of drug-likeness (QED) is 0.669. The molecule has 0 aromatic heterocycles. The van der Waals surface area contributed by atoms with Crippen LogP contribution >= 0.6 is 0 Å². The lowest BCUT2D eigenvalue weighted by molar-refractivity contribution is -0.137. The van der Waals surface area contributed by atoms with E-state index in [2.05, 4.69) is 5.32 Å². The third kappa shape index (κ3) is 1.25. The minimum absolute atomic E-state index is 0.00917. The molecule has 0 spiro atoms. The van der Waals surface area contributed by atoms with Gasteiger partial charge in [-0.05, 0) is 13.3 Å². The third-order valence-corrected chi connectivity index (χ3v) is 2.92. The predicted octanol–water partition coefficient (Wildman–Crippen LogP) is -0.0752. The first kappa shape index (κ1) is 8.97. The molecule has 2 fully saturated rings. The molecule has 0 aromatic carbocycles. The molecule has 2 aliphatic rings. The van der Waals surface area contributed by atoms with E-state index in [4.69, 9.17) is 9.47 Å². The molecule has 4 atom stereocenters. The van der Waals surface area contributed by atoms with Crippen LogP contribution in [0.1, 0.15) is 13.3 Å². The number of hydrogen-bond donors (Lipinski definition) is 1. The zero-order chi connectivity index (χ0) is 9.42. The van der Waals surface area contributed by atoms with Gasteiger partial charge in [0, 0.05) is 13.7 Å². The average molecular weight is 185 g/mol. The van der Waals surface area contributed by atoms with Crippen molar-refractivity contribution in [3.8, 4) is 0 Å². The molecule has 1 aliphatic heterocycles. The van der Waals surface area contributed by atoms with Gasteiger partial charge in [0.1, 0.15) is 6.10 Å². The number of carbonyl (C=O) groups excluding carboxylic acids is 1. The number of fused-ring (bicyclic) bond motifs is 2. The summed E-state index contributed by atoms with van der Waals surface area (Å²) < 4.78 is 10.8. The molecular formula is C9H15NO3. The third-order valence-electron chi connectivity index (χ3n) is 2.92. The SMILES string of the molecule is CCOC1C2CC(NC2=O)C1OC. The van der Waals surface area contributed by atoms with E-state index in [1.54, 1.807) is 7.11 Å². The van der Waals surface area contributed by atoms with Crippen LogP contribution in [0.3, 0.4) is 0 Å². The van der Waals surface area contributed by atoms with Gasteiger partial charge in [0.05, 0.1) is 18.1 Å². The van der Waals surface area contributed by atoms with Gasteiger partial charge in [0.25, 0.3) is 0 Å². The Labute approximate surface area is 77.6 Å². The summed E-state index contributed by atoms with van der Waals surface area (Å²) in [6.45, 7) is 2.58. The van der Waals surface area contributed by atoms with Crippen molar-refractivity contribution in [3.63, 3.8) is 0 Å². The lowest BCUT2D eigenvalue weighted by atomic mass is 10.0. The van der Waals surface area contributed by atoms with E-state index in [0.29, 0.717) is 6.61 Å². The van der Waals surface area contributed by atoms with Crippen molar-refractivity contribution in [1.29, 1.82) is 0 Å². The Morgan fingerprint density at radius 2 is 2.31 bits per heavy atom. The van der Waals surface area contributed by atoms with Crippen molar-refractivity contribution in [3.05, 3.63) is 0 Å². The minimum atomic E-state index is -0.0336. The Morgan fingerprint density at radius 3 is 2.92 bits per heavy atom. The predicted molar refractivity (Wildman–Crippen MR) is 46.2 cm³/mol. The number of amides is 1. The summed E-state index contributed by atoms with van der Waals surface area (Å²) >= 11 is 0. The molecule has 13 heavy (non-hydrogen) atoms. The molecule has 1 heterocycles. The van der Waals surface area contributed by atoms with Gasteiger partial charge in [-0.3, -0.25) is 4.79 Å². The van der Waals surface area contributed by atoms with Crippen LogP contribution in [0.4, 0.5) is 0 Å². The van der Waals surface area contributed by atoms with Crippen LogP contribution < -0.4 is 5.32 Å². The van der Waals surface area contributed by atoms with Crippen molar-refractivity contribution in [2.24, 2.45) is 5.92 Å². The number of methoxy groups -OCH3 is 1. The number of rotatable bonds is 3.